The van der Waals surface area contributed by atoms with E-state index in [1.165, 1.54) is 0 Å². The zero-order valence-corrected chi connectivity index (χ0v) is 4.26. The number of aliphatic hydroxyl groups excluding tert-OH is 1. The minimum atomic E-state index is 0.377. The van der Waals surface area contributed by atoms with E-state index in [2.05, 4.69) is 0 Å². The van der Waals surface area contributed by atoms with Crippen LogP contribution in [0.5, 0.6) is 0 Å². The zero-order chi connectivity index (χ0) is 5.70. The second-order valence-electron chi connectivity index (χ2n) is 1.13. The van der Waals surface area contributed by atoms with Crippen molar-refractivity contribution >= 4 is 12.9 Å². The first-order valence-electron chi connectivity index (χ1n) is 2.03. The van der Waals surface area contributed by atoms with Crippen molar-refractivity contribution in [2.45, 2.75) is 6.82 Å². The summed E-state index contributed by atoms with van der Waals surface area (Å²) in [5, 5.41) is 8.13. The Morgan fingerprint density at radius 1 is 1.86 bits per heavy atom. The van der Waals surface area contributed by atoms with Crippen LogP contribution in [0.3, 0.4) is 0 Å². The molecule has 0 fully saturated rings. The van der Waals surface area contributed by atoms with Crippen molar-refractivity contribution in [2.75, 3.05) is 0 Å². The van der Waals surface area contributed by atoms with Crippen LogP contribution >= 0.6 is 0 Å². The predicted octanol–water partition coefficient (Wildman–Crippen LogP) is -0.101. The molecule has 0 saturated carbocycles. The fourth-order valence-electron chi connectivity index (χ4n) is 0.235. The Kier molecular flexibility index (Phi) is 3.11. The van der Waals surface area contributed by atoms with E-state index in [1.54, 1.807) is 12.9 Å². The average molecular weight is 96.9 g/mol. The van der Waals surface area contributed by atoms with E-state index in [0.717, 1.165) is 6.26 Å². The van der Waals surface area contributed by atoms with E-state index in [4.69, 9.17) is 10.8 Å². The standard InChI is InChI=1S/C4H8BNO/c1-5-2-4(6)3-7/h2-3,7H,6H2,1H3/b4-3+. The van der Waals surface area contributed by atoms with Crippen LogP contribution in [0.1, 0.15) is 0 Å². The molecule has 0 aliphatic rings. The average Bonchev–Trinajstić information content (AvgIpc) is 1.68. The van der Waals surface area contributed by atoms with Crippen LogP contribution in [0.2, 0.25) is 6.82 Å². The van der Waals surface area contributed by atoms with Gasteiger partial charge in [0.1, 0.15) is 0 Å². The van der Waals surface area contributed by atoms with Crippen molar-refractivity contribution in [1.29, 1.82) is 0 Å². The van der Waals surface area contributed by atoms with E-state index in [9.17, 15) is 0 Å². The van der Waals surface area contributed by atoms with Gasteiger partial charge in [0.15, 0.2) is 0 Å². The molecular formula is C4H8BNO. The number of rotatable bonds is 1. The summed E-state index contributed by atoms with van der Waals surface area (Å²) >= 11 is 0. The van der Waals surface area contributed by atoms with Crippen molar-refractivity contribution in [2.24, 2.45) is 5.73 Å². The van der Waals surface area contributed by atoms with Gasteiger partial charge >= 0.3 is 42.5 Å². The topological polar surface area (TPSA) is 46.2 Å². The van der Waals surface area contributed by atoms with Crippen LogP contribution in [0, 0.1) is 0 Å². The van der Waals surface area contributed by atoms with Gasteiger partial charge in [0, 0.05) is 0 Å². The van der Waals surface area contributed by atoms with E-state index < -0.39 is 0 Å². The summed E-state index contributed by atoms with van der Waals surface area (Å²) in [6.07, 6.45) is 0.861. The first kappa shape index (κ1) is 6.27. The fourth-order valence-corrected chi connectivity index (χ4v) is 0.235. The van der Waals surface area contributed by atoms with Gasteiger partial charge in [0.2, 0.25) is 0 Å². The molecule has 0 atom stereocenters. The number of aliphatic hydroxyl groups is 1. The summed E-state index contributed by atoms with van der Waals surface area (Å²) in [6.45, 7) is 3.58. The maximum atomic E-state index is 8.13. The molecule has 38 valence electrons. The molecule has 0 heterocycles. The second kappa shape index (κ2) is 3.46. The van der Waals surface area contributed by atoms with E-state index >= 15 is 0 Å². The number of nitrogens with two attached hydrogens (primary N) is 1. The summed E-state index contributed by atoms with van der Waals surface area (Å²) in [5.74, 6) is 1.61. The Hall–Kier alpha value is -0.725. The Bertz CT molecular complexity index is 97.9. The quantitative estimate of drug-likeness (QED) is 0.354. The van der Waals surface area contributed by atoms with Gasteiger partial charge in [-0.1, -0.05) is 0 Å². The predicted molar refractivity (Wildman–Crippen MR) is 32.6 cm³/mol. The molecule has 0 aromatic rings. The normalized spacial score (nSPS) is 11.9. The molecule has 3 heteroatoms. The van der Waals surface area contributed by atoms with Crippen molar-refractivity contribution < 1.29 is 5.11 Å². The summed E-state index contributed by atoms with van der Waals surface area (Å²) in [6, 6.07) is 0. The van der Waals surface area contributed by atoms with Gasteiger partial charge < -0.3 is 0 Å². The molecule has 0 saturated heterocycles. The number of hydrogen-bond donors (Lipinski definition) is 2. The summed E-state index contributed by atoms with van der Waals surface area (Å²) in [7, 11) is 0. The molecule has 0 aromatic heterocycles. The molecule has 0 aliphatic heterocycles. The molecule has 2 nitrogen and oxygen atoms in total. The van der Waals surface area contributed by atoms with Crippen LogP contribution in [0.25, 0.3) is 0 Å². The summed E-state index contributed by atoms with van der Waals surface area (Å²) in [4.78, 5) is 0. The monoisotopic (exact) mass is 97.1 g/mol. The van der Waals surface area contributed by atoms with Crippen molar-refractivity contribution in [3.05, 3.63) is 12.0 Å². The zero-order valence-electron chi connectivity index (χ0n) is 4.26. The van der Waals surface area contributed by atoms with Crippen LogP contribution in [0.15, 0.2) is 12.0 Å². The molecule has 0 rings (SSSR count). The van der Waals surface area contributed by atoms with Gasteiger partial charge in [0.25, 0.3) is 0 Å². The fraction of sp³-hybridized carbons (Fsp3) is 0.250. The molecule has 0 spiro atoms. The maximum absolute atomic E-state index is 8.13. The van der Waals surface area contributed by atoms with Crippen LogP contribution in [0.4, 0.5) is 0 Å². The molecule has 0 amide bonds. The minimum absolute atomic E-state index is 0.377. The Labute approximate surface area is 43.6 Å². The molecule has 0 radical (unpaired) electrons. The SMILES string of the molecule is C/B=C\C(N)=C/O. The van der Waals surface area contributed by atoms with E-state index in [-0.39, 0.29) is 0 Å². The third-order valence-corrected chi connectivity index (χ3v) is 0.508. The van der Waals surface area contributed by atoms with Gasteiger partial charge in [0.05, 0.1) is 0 Å². The van der Waals surface area contributed by atoms with Gasteiger partial charge in [-0.15, -0.1) is 0 Å². The molecule has 3 N–H and O–H groups in total. The Balaban J connectivity index is 3.58. The Morgan fingerprint density at radius 3 is 2.57 bits per heavy atom. The van der Waals surface area contributed by atoms with Gasteiger partial charge in [-0.25, -0.2) is 0 Å². The Morgan fingerprint density at radius 2 is 2.43 bits per heavy atom. The van der Waals surface area contributed by atoms with Crippen molar-refractivity contribution in [3.63, 3.8) is 0 Å². The molecule has 0 aliphatic carbocycles. The van der Waals surface area contributed by atoms with E-state index in [1.807, 2.05) is 6.82 Å². The van der Waals surface area contributed by atoms with Gasteiger partial charge in [-0.05, 0) is 0 Å². The number of hydrogen-bond acceptors (Lipinski definition) is 2. The van der Waals surface area contributed by atoms with Crippen LogP contribution in [-0.4, -0.2) is 18.0 Å². The molecular weight excluding hydrogens is 88.9 g/mol. The molecule has 0 unspecified atom stereocenters. The van der Waals surface area contributed by atoms with Crippen molar-refractivity contribution in [1.82, 2.24) is 0 Å². The van der Waals surface area contributed by atoms with Crippen molar-refractivity contribution in [3.8, 4) is 0 Å². The molecule has 0 bridgehead atoms. The molecule has 7 heavy (non-hydrogen) atoms. The van der Waals surface area contributed by atoms with Crippen LogP contribution < -0.4 is 5.73 Å². The second-order valence-corrected chi connectivity index (χ2v) is 1.13. The third-order valence-electron chi connectivity index (χ3n) is 0.508. The third kappa shape index (κ3) is 3.10. The summed E-state index contributed by atoms with van der Waals surface area (Å²) < 4.78 is 0. The van der Waals surface area contributed by atoms with Gasteiger partial charge in [-0.3, -0.25) is 0 Å². The summed E-state index contributed by atoms with van der Waals surface area (Å²) in [5.41, 5.74) is 5.49. The first-order valence-corrected chi connectivity index (χ1v) is 2.03. The van der Waals surface area contributed by atoms with Crippen LogP contribution in [-0.2, 0) is 0 Å². The van der Waals surface area contributed by atoms with Gasteiger partial charge in [-0.2, -0.15) is 0 Å². The number of allylic oxidation sites excluding steroid dienone is 1. The molecule has 0 aromatic carbocycles. The van der Waals surface area contributed by atoms with E-state index in [0.29, 0.717) is 5.70 Å². The first-order chi connectivity index (χ1) is 3.31.